The lowest BCUT2D eigenvalue weighted by Gasteiger charge is -2.21. The third-order valence-electron chi connectivity index (χ3n) is 4.02. The Hall–Kier alpha value is -1.04. The van der Waals surface area contributed by atoms with Gasteiger partial charge in [0.1, 0.15) is 0 Å². The second-order valence-electron chi connectivity index (χ2n) is 6.14. The summed E-state index contributed by atoms with van der Waals surface area (Å²) in [4.78, 5) is 4.09. The van der Waals surface area contributed by atoms with Gasteiger partial charge >= 0.3 is 6.18 Å². The molecule has 0 spiro atoms. The van der Waals surface area contributed by atoms with Gasteiger partial charge in [-0.3, -0.25) is 4.99 Å². The average molecular weight is 521 g/mol. The lowest BCUT2D eigenvalue weighted by atomic mass is 10.1. The van der Waals surface area contributed by atoms with Crippen LogP contribution < -0.4 is 10.6 Å². The third kappa shape index (κ3) is 9.13. The van der Waals surface area contributed by atoms with Crippen LogP contribution in [0.2, 0.25) is 0 Å². The van der Waals surface area contributed by atoms with Crippen LogP contribution in [0.15, 0.2) is 28.1 Å². The van der Waals surface area contributed by atoms with E-state index in [9.17, 15) is 21.6 Å². The summed E-state index contributed by atoms with van der Waals surface area (Å²) in [5, 5.41) is 5.44. The maximum atomic E-state index is 12.6. The predicted molar refractivity (Wildman–Crippen MR) is 113 cm³/mol. The first-order chi connectivity index (χ1) is 12.0. The Morgan fingerprint density at radius 3 is 2.33 bits per heavy atom. The van der Waals surface area contributed by atoms with Gasteiger partial charge in [-0.15, -0.1) is 24.0 Å². The van der Waals surface area contributed by atoms with Crippen molar-refractivity contribution in [1.82, 2.24) is 10.6 Å². The highest BCUT2D eigenvalue weighted by atomic mass is 127. The van der Waals surface area contributed by atoms with Gasteiger partial charge in [-0.25, -0.2) is 8.42 Å². The molecule has 1 aromatic rings. The van der Waals surface area contributed by atoms with Crippen molar-refractivity contribution in [1.29, 1.82) is 0 Å². The molecule has 0 aliphatic heterocycles. The molecule has 156 valence electrons. The van der Waals surface area contributed by atoms with Crippen molar-refractivity contribution in [3.05, 3.63) is 29.3 Å². The summed E-state index contributed by atoms with van der Waals surface area (Å²) in [6.45, 7) is 5.22. The van der Waals surface area contributed by atoms with Crippen molar-refractivity contribution in [2.75, 3.05) is 19.3 Å². The number of aryl methyl sites for hydroxylation is 2. The van der Waals surface area contributed by atoms with E-state index in [4.69, 9.17) is 0 Å². The number of halogens is 4. The molecule has 1 aromatic carbocycles. The van der Waals surface area contributed by atoms with Gasteiger partial charge in [-0.2, -0.15) is 13.2 Å². The molecule has 0 bridgehead atoms. The molecule has 0 saturated heterocycles. The molecule has 0 aliphatic carbocycles. The number of hydrogen-bond donors (Lipinski definition) is 2. The molecule has 2 N–H and O–H groups in total. The number of nitrogens with zero attached hydrogens (tertiary/aromatic N) is 1. The van der Waals surface area contributed by atoms with Crippen LogP contribution in [0.3, 0.4) is 0 Å². The standard InChI is InChI=1S/C17H26F3N3O2S.HI/c1-5-14(23-16(21-4)22-9-8-17(18,19)20)11-26(24,25)15-7-6-12(2)13(3)10-15;/h6-7,10,14H,5,8-9,11H2,1-4H3,(H2,21,22,23);1H. The topological polar surface area (TPSA) is 70.6 Å². The van der Waals surface area contributed by atoms with Crippen LogP contribution in [-0.2, 0) is 9.84 Å². The van der Waals surface area contributed by atoms with Gasteiger partial charge in [0.15, 0.2) is 15.8 Å². The molecule has 0 aliphatic rings. The van der Waals surface area contributed by atoms with Crippen LogP contribution in [0.1, 0.15) is 30.9 Å². The molecule has 0 amide bonds. The molecule has 1 rings (SSSR count). The smallest absolute Gasteiger partial charge is 0.356 e. The molecule has 1 atom stereocenters. The number of alkyl halides is 3. The highest BCUT2D eigenvalue weighted by molar-refractivity contribution is 14.0. The van der Waals surface area contributed by atoms with Crippen molar-refractivity contribution in [3.63, 3.8) is 0 Å². The van der Waals surface area contributed by atoms with Gasteiger partial charge in [0.25, 0.3) is 0 Å². The van der Waals surface area contributed by atoms with Crippen molar-refractivity contribution in [2.45, 2.75) is 50.7 Å². The van der Waals surface area contributed by atoms with E-state index in [1.165, 1.54) is 7.05 Å². The van der Waals surface area contributed by atoms with Crippen molar-refractivity contribution >= 4 is 39.8 Å². The molecule has 0 radical (unpaired) electrons. The fraction of sp³-hybridized carbons (Fsp3) is 0.588. The fourth-order valence-electron chi connectivity index (χ4n) is 2.24. The average Bonchev–Trinajstić information content (AvgIpc) is 2.54. The Kier molecular flexibility index (Phi) is 10.7. The van der Waals surface area contributed by atoms with Crippen LogP contribution in [0, 0.1) is 13.8 Å². The molecule has 0 fully saturated rings. The minimum absolute atomic E-state index is 0. The van der Waals surface area contributed by atoms with Crippen LogP contribution in [0.25, 0.3) is 0 Å². The summed E-state index contributed by atoms with van der Waals surface area (Å²) in [7, 11) is -2.11. The molecule has 0 heterocycles. The first kappa shape index (κ1) is 26.0. The Balaban J connectivity index is 0.00000676. The Bertz CT molecular complexity index is 737. The fourth-order valence-corrected chi connectivity index (χ4v) is 3.91. The zero-order valence-electron chi connectivity index (χ0n) is 15.9. The van der Waals surface area contributed by atoms with Crippen LogP contribution in [0.5, 0.6) is 0 Å². The molecular weight excluding hydrogens is 494 g/mol. The van der Waals surface area contributed by atoms with E-state index in [-0.39, 0.29) is 47.1 Å². The molecule has 0 saturated carbocycles. The molecule has 10 heteroatoms. The van der Waals surface area contributed by atoms with E-state index in [0.717, 1.165) is 11.1 Å². The van der Waals surface area contributed by atoms with Gasteiger partial charge in [0.05, 0.1) is 17.1 Å². The number of sulfone groups is 1. The van der Waals surface area contributed by atoms with Crippen LogP contribution in [-0.4, -0.2) is 45.9 Å². The predicted octanol–water partition coefficient (Wildman–Crippen LogP) is 3.59. The van der Waals surface area contributed by atoms with Gasteiger partial charge in [0, 0.05) is 19.6 Å². The minimum Gasteiger partial charge on any atom is -0.356 e. The second kappa shape index (κ2) is 11.1. The molecule has 1 unspecified atom stereocenters. The first-order valence-electron chi connectivity index (χ1n) is 8.32. The van der Waals surface area contributed by atoms with Crippen LogP contribution >= 0.6 is 24.0 Å². The summed E-state index contributed by atoms with van der Waals surface area (Å²) in [5.74, 6) is -0.0252. The highest BCUT2D eigenvalue weighted by Crippen LogP contribution is 2.18. The van der Waals surface area contributed by atoms with E-state index in [0.29, 0.717) is 6.42 Å². The quantitative estimate of drug-likeness (QED) is 0.327. The van der Waals surface area contributed by atoms with Gasteiger partial charge in [-0.05, 0) is 43.5 Å². The summed E-state index contributed by atoms with van der Waals surface area (Å²) < 4.78 is 62.0. The number of rotatable bonds is 7. The Morgan fingerprint density at radius 2 is 1.85 bits per heavy atom. The SMILES string of the molecule is CCC(CS(=O)(=O)c1ccc(C)c(C)c1)NC(=NC)NCCC(F)(F)F.I. The van der Waals surface area contributed by atoms with Crippen molar-refractivity contribution in [2.24, 2.45) is 4.99 Å². The summed E-state index contributed by atoms with van der Waals surface area (Å²) in [6.07, 6.45) is -4.78. The van der Waals surface area contributed by atoms with Crippen molar-refractivity contribution in [3.8, 4) is 0 Å². The number of guanidine groups is 1. The normalized spacial score (nSPS) is 13.7. The highest BCUT2D eigenvalue weighted by Gasteiger charge is 2.27. The van der Waals surface area contributed by atoms with Gasteiger partial charge in [0.2, 0.25) is 0 Å². The van der Waals surface area contributed by atoms with E-state index >= 15 is 0 Å². The molecule has 5 nitrogen and oxygen atoms in total. The van der Waals surface area contributed by atoms with Gasteiger partial charge in [-0.1, -0.05) is 13.0 Å². The number of aliphatic imine (C=N–C) groups is 1. The zero-order valence-corrected chi connectivity index (χ0v) is 19.0. The van der Waals surface area contributed by atoms with Gasteiger partial charge < -0.3 is 10.6 Å². The van der Waals surface area contributed by atoms with Crippen molar-refractivity contribution < 1.29 is 21.6 Å². The number of hydrogen-bond acceptors (Lipinski definition) is 3. The largest absolute Gasteiger partial charge is 0.390 e. The summed E-state index contributed by atoms with van der Waals surface area (Å²) in [5.41, 5.74) is 1.89. The van der Waals surface area contributed by atoms with E-state index < -0.39 is 28.5 Å². The third-order valence-corrected chi connectivity index (χ3v) is 5.83. The Labute approximate surface area is 176 Å². The first-order valence-corrected chi connectivity index (χ1v) is 9.97. The number of benzene rings is 1. The number of nitrogens with one attached hydrogen (secondary N) is 2. The molecule has 0 aromatic heterocycles. The lowest BCUT2D eigenvalue weighted by molar-refractivity contribution is -0.132. The maximum Gasteiger partial charge on any atom is 0.390 e. The summed E-state index contributed by atoms with van der Waals surface area (Å²) >= 11 is 0. The maximum absolute atomic E-state index is 12.6. The van der Waals surface area contributed by atoms with E-state index in [1.54, 1.807) is 25.1 Å². The Morgan fingerprint density at radius 1 is 1.22 bits per heavy atom. The molecule has 27 heavy (non-hydrogen) atoms. The second-order valence-corrected chi connectivity index (χ2v) is 8.18. The lowest BCUT2D eigenvalue weighted by Crippen LogP contribution is -2.46. The van der Waals surface area contributed by atoms with Crippen LogP contribution in [0.4, 0.5) is 13.2 Å². The van der Waals surface area contributed by atoms with E-state index in [2.05, 4.69) is 15.6 Å². The summed E-state index contributed by atoms with van der Waals surface area (Å²) in [6, 6.07) is 4.49. The zero-order chi connectivity index (χ0) is 20.0. The molecular formula is C17H27F3IN3O2S. The minimum atomic E-state index is -4.26. The monoisotopic (exact) mass is 521 g/mol. The van der Waals surface area contributed by atoms with E-state index in [1.807, 2.05) is 13.8 Å².